The molecule has 0 fully saturated rings. The first-order valence-electron chi connectivity index (χ1n) is 2.27. The monoisotopic (exact) mass is 121 g/mol. The van der Waals surface area contributed by atoms with E-state index in [-0.39, 0.29) is 5.57 Å². The molecule has 1 rings (SSSR count). The van der Waals surface area contributed by atoms with E-state index in [1.54, 1.807) is 0 Å². The molecule has 2 amide bonds. The molecule has 1 heterocycles. The lowest BCUT2D eigenvalue weighted by Gasteiger charge is -1.84. The summed E-state index contributed by atoms with van der Waals surface area (Å²) in [4.78, 5) is 20.8. The van der Waals surface area contributed by atoms with E-state index in [9.17, 15) is 9.59 Å². The van der Waals surface area contributed by atoms with Crippen LogP contribution < -0.4 is 5.32 Å². The summed E-state index contributed by atoms with van der Waals surface area (Å²) in [6.07, 6.45) is 5.95. The lowest BCUT2D eigenvalue weighted by molar-refractivity contribution is -0.123. The Bertz CT molecular complexity index is 244. The number of rotatable bonds is 0. The van der Waals surface area contributed by atoms with Gasteiger partial charge in [0.15, 0.2) is 0 Å². The van der Waals surface area contributed by atoms with Crippen LogP contribution in [0.3, 0.4) is 0 Å². The third-order valence-corrected chi connectivity index (χ3v) is 0.912. The van der Waals surface area contributed by atoms with Crippen molar-refractivity contribution in [3.05, 3.63) is 11.6 Å². The van der Waals surface area contributed by atoms with Gasteiger partial charge >= 0.3 is 0 Å². The van der Waals surface area contributed by atoms with Crippen molar-refractivity contribution in [2.24, 2.45) is 0 Å². The van der Waals surface area contributed by atoms with Crippen molar-refractivity contribution in [2.45, 2.75) is 0 Å². The molecular formula is C6H3NO2. The van der Waals surface area contributed by atoms with Gasteiger partial charge in [-0.15, -0.1) is 6.42 Å². The van der Waals surface area contributed by atoms with Crippen molar-refractivity contribution in [1.29, 1.82) is 0 Å². The fourth-order valence-corrected chi connectivity index (χ4v) is 0.519. The Morgan fingerprint density at radius 2 is 2.22 bits per heavy atom. The third kappa shape index (κ3) is 0.820. The lowest BCUT2D eigenvalue weighted by Crippen LogP contribution is -2.21. The molecule has 0 unspecified atom stereocenters. The molecular weight excluding hydrogens is 118 g/mol. The highest BCUT2D eigenvalue weighted by atomic mass is 16.2. The predicted octanol–water partition coefficient (Wildman–Crippen LogP) is -0.798. The highest BCUT2D eigenvalue weighted by Gasteiger charge is 2.17. The SMILES string of the molecule is C#CC1=CC(=O)NC1=O. The quantitative estimate of drug-likeness (QED) is 0.337. The van der Waals surface area contributed by atoms with Crippen LogP contribution in [0.4, 0.5) is 0 Å². The summed E-state index contributed by atoms with van der Waals surface area (Å²) in [6.45, 7) is 0. The Morgan fingerprint density at radius 3 is 2.44 bits per heavy atom. The third-order valence-electron chi connectivity index (χ3n) is 0.912. The second-order valence-electron chi connectivity index (χ2n) is 1.52. The van der Waals surface area contributed by atoms with Gasteiger partial charge in [0.1, 0.15) is 0 Å². The average Bonchev–Trinajstić information content (AvgIpc) is 2.10. The molecule has 0 aliphatic carbocycles. The highest BCUT2D eigenvalue weighted by Crippen LogP contribution is 1.98. The molecule has 0 aromatic carbocycles. The molecule has 44 valence electrons. The molecule has 0 atom stereocenters. The van der Waals surface area contributed by atoms with Crippen LogP contribution in [0.5, 0.6) is 0 Å². The van der Waals surface area contributed by atoms with Gasteiger partial charge in [-0.3, -0.25) is 14.9 Å². The number of terminal acetylenes is 1. The van der Waals surface area contributed by atoms with E-state index in [1.165, 1.54) is 0 Å². The van der Waals surface area contributed by atoms with Crippen LogP contribution >= 0.6 is 0 Å². The number of nitrogens with one attached hydrogen (secondary N) is 1. The molecule has 0 saturated heterocycles. The van der Waals surface area contributed by atoms with E-state index < -0.39 is 11.8 Å². The number of amides is 2. The van der Waals surface area contributed by atoms with E-state index in [4.69, 9.17) is 6.42 Å². The van der Waals surface area contributed by atoms with E-state index in [0.29, 0.717) is 0 Å². The van der Waals surface area contributed by atoms with Gasteiger partial charge in [-0.2, -0.15) is 0 Å². The lowest BCUT2D eigenvalue weighted by atomic mass is 10.3. The zero-order chi connectivity index (χ0) is 6.85. The Balaban J connectivity index is 2.97. The van der Waals surface area contributed by atoms with E-state index in [2.05, 4.69) is 5.92 Å². The van der Waals surface area contributed by atoms with Crippen molar-refractivity contribution >= 4 is 11.8 Å². The second-order valence-corrected chi connectivity index (χ2v) is 1.52. The number of imide groups is 1. The maximum atomic E-state index is 10.5. The fourth-order valence-electron chi connectivity index (χ4n) is 0.519. The summed E-state index contributed by atoms with van der Waals surface area (Å²) < 4.78 is 0. The minimum absolute atomic E-state index is 0.0972. The van der Waals surface area contributed by atoms with E-state index >= 15 is 0 Å². The van der Waals surface area contributed by atoms with Gasteiger partial charge in [-0.25, -0.2) is 0 Å². The molecule has 0 aromatic heterocycles. The Labute approximate surface area is 51.7 Å². The first kappa shape index (κ1) is 5.57. The molecule has 1 N–H and O–H groups in total. The maximum Gasteiger partial charge on any atom is 0.266 e. The summed E-state index contributed by atoms with van der Waals surface area (Å²) in [5, 5.41) is 2.00. The van der Waals surface area contributed by atoms with Gasteiger partial charge in [0, 0.05) is 6.08 Å². The number of hydrogen-bond acceptors (Lipinski definition) is 2. The number of carbonyl (C=O) groups excluding carboxylic acids is 2. The molecule has 9 heavy (non-hydrogen) atoms. The Hall–Kier alpha value is -1.56. The van der Waals surface area contributed by atoms with Crippen molar-refractivity contribution in [3.8, 4) is 12.3 Å². The van der Waals surface area contributed by atoms with Crippen LogP contribution in [-0.4, -0.2) is 11.8 Å². The standard InChI is InChI=1S/C6H3NO2/c1-2-4-3-5(8)7-6(4)9/h1,3H,(H,7,8,9). The molecule has 3 heteroatoms. The molecule has 0 bridgehead atoms. The first-order valence-corrected chi connectivity index (χ1v) is 2.27. The maximum absolute atomic E-state index is 10.5. The van der Waals surface area contributed by atoms with Crippen molar-refractivity contribution < 1.29 is 9.59 Å². The van der Waals surface area contributed by atoms with Crippen molar-refractivity contribution in [3.63, 3.8) is 0 Å². The van der Waals surface area contributed by atoms with Crippen molar-refractivity contribution in [1.82, 2.24) is 5.32 Å². The minimum Gasteiger partial charge on any atom is -0.288 e. The largest absolute Gasteiger partial charge is 0.288 e. The first-order chi connectivity index (χ1) is 4.24. The summed E-state index contributed by atoms with van der Waals surface area (Å²) >= 11 is 0. The Morgan fingerprint density at radius 1 is 1.56 bits per heavy atom. The summed E-state index contributed by atoms with van der Waals surface area (Å²) in [5.41, 5.74) is 0.0972. The zero-order valence-corrected chi connectivity index (χ0v) is 4.47. The molecule has 0 radical (unpaired) electrons. The average molecular weight is 121 g/mol. The molecule has 0 spiro atoms. The van der Waals surface area contributed by atoms with Gasteiger partial charge in [0.25, 0.3) is 11.8 Å². The number of carbonyl (C=O) groups is 2. The summed E-state index contributed by atoms with van der Waals surface area (Å²) in [5.74, 6) is 1.15. The molecule has 0 saturated carbocycles. The van der Waals surface area contributed by atoms with Crippen molar-refractivity contribution in [2.75, 3.05) is 0 Å². The molecule has 3 nitrogen and oxygen atoms in total. The topological polar surface area (TPSA) is 46.2 Å². The highest BCUT2D eigenvalue weighted by molar-refractivity contribution is 6.18. The zero-order valence-electron chi connectivity index (χ0n) is 4.47. The second kappa shape index (κ2) is 1.75. The van der Waals surface area contributed by atoms with Crippen LogP contribution in [0.1, 0.15) is 0 Å². The molecule has 1 aliphatic heterocycles. The molecule has 0 aromatic rings. The Kier molecular flexibility index (Phi) is 1.08. The van der Waals surface area contributed by atoms with E-state index in [1.807, 2.05) is 5.32 Å². The van der Waals surface area contributed by atoms with Gasteiger partial charge < -0.3 is 0 Å². The van der Waals surface area contributed by atoms with Crippen LogP contribution in [0.15, 0.2) is 11.6 Å². The van der Waals surface area contributed by atoms with Gasteiger partial charge in [-0.1, -0.05) is 5.92 Å². The van der Waals surface area contributed by atoms with Crippen LogP contribution in [-0.2, 0) is 9.59 Å². The van der Waals surface area contributed by atoms with Crippen LogP contribution in [0.25, 0.3) is 0 Å². The number of hydrogen-bond donors (Lipinski definition) is 1. The summed E-state index contributed by atoms with van der Waals surface area (Å²) in [7, 11) is 0. The van der Waals surface area contributed by atoms with Gasteiger partial charge in [0.2, 0.25) is 0 Å². The summed E-state index contributed by atoms with van der Waals surface area (Å²) in [6, 6.07) is 0. The van der Waals surface area contributed by atoms with Gasteiger partial charge in [-0.05, 0) is 0 Å². The fraction of sp³-hybridized carbons (Fsp3) is 0. The molecule has 1 aliphatic rings. The smallest absolute Gasteiger partial charge is 0.266 e. The normalized spacial score (nSPS) is 16.6. The van der Waals surface area contributed by atoms with Crippen LogP contribution in [0.2, 0.25) is 0 Å². The van der Waals surface area contributed by atoms with Crippen LogP contribution in [0, 0.1) is 12.3 Å². The predicted molar refractivity (Wildman–Crippen MR) is 30.1 cm³/mol. The van der Waals surface area contributed by atoms with E-state index in [0.717, 1.165) is 6.08 Å². The van der Waals surface area contributed by atoms with Gasteiger partial charge in [0.05, 0.1) is 5.57 Å². The minimum atomic E-state index is -0.484.